The van der Waals surface area contributed by atoms with Gasteiger partial charge in [0.05, 0.1) is 16.9 Å². The van der Waals surface area contributed by atoms with Crippen LogP contribution >= 0.6 is 0 Å². The monoisotopic (exact) mass is 346 g/mol. The Hall–Kier alpha value is -3.54. The van der Waals surface area contributed by atoms with Crippen LogP contribution in [0, 0.1) is 12.7 Å². The van der Waals surface area contributed by atoms with E-state index in [1.54, 1.807) is 25.3 Å². The Labute approximate surface area is 148 Å². The summed E-state index contributed by atoms with van der Waals surface area (Å²) in [5.74, 6) is -0.270. The van der Waals surface area contributed by atoms with E-state index >= 15 is 0 Å². The number of aromatic amines is 1. The highest BCUT2D eigenvalue weighted by molar-refractivity contribution is 6.09. The highest BCUT2D eigenvalue weighted by Crippen LogP contribution is 2.24. The zero-order valence-electron chi connectivity index (χ0n) is 14.0. The minimum Gasteiger partial charge on any atom is -0.359 e. The maximum Gasteiger partial charge on any atom is 0.259 e. The first-order valence-electron chi connectivity index (χ1n) is 8.09. The molecule has 6 heteroatoms. The molecule has 0 aliphatic rings. The molecule has 4 rings (SSSR count). The number of halogens is 1. The number of nitrogens with zero attached hydrogens (tertiary/aromatic N) is 2. The fraction of sp³-hybridized carbons (Fsp3) is 0.0500. The lowest BCUT2D eigenvalue weighted by molar-refractivity contribution is 0.102. The van der Waals surface area contributed by atoms with Crippen molar-refractivity contribution < 1.29 is 9.18 Å². The number of hydrogen-bond acceptors (Lipinski definition) is 3. The summed E-state index contributed by atoms with van der Waals surface area (Å²) >= 11 is 0. The Morgan fingerprint density at radius 3 is 2.81 bits per heavy atom. The quantitative estimate of drug-likeness (QED) is 0.580. The van der Waals surface area contributed by atoms with Crippen LogP contribution in [0.3, 0.4) is 0 Å². The van der Waals surface area contributed by atoms with E-state index in [-0.39, 0.29) is 11.7 Å². The largest absolute Gasteiger partial charge is 0.359 e. The van der Waals surface area contributed by atoms with Gasteiger partial charge in [-0.15, -0.1) is 0 Å². The summed E-state index contributed by atoms with van der Waals surface area (Å²) in [5.41, 5.74) is 3.10. The van der Waals surface area contributed by atoms with Gasteiger partial charge in [-0.3, -0.25) is 4.79 Å². The van der Waals surface area contributed by atoms with Gasteiger partial charge in [0, 0.05) is 28.9 Å². The van der Waals surface area contributed by atoms with E-state index in [0.717, 1.165) is 10.9 Å². The van der Waals surface area contributed by atoms with Crippen LogP contribution in [0.4, 0.5) is 10.1 Å². The van der Waals surface area contributed by atoms with Crippen LogP contribution in [0.5, 0.6) is 0 Å². The third-order valence-corrected chi connectivity index (χ3v) is 4.14. The van der Waals surface area contributed by atoms with E-state index in [2.05, 4.69) is 20.3 Å². The lowest BCUT2D eigenvalue weighted by Crippen LogP contribution is -2.14. The minimum atomic E-state index is -0.357. The predicted molar refractivity (Wildman–Crippen MR) is 98.4 cm³/mol. The van der Waals surface area contributed by atoms with E-state index in [1.807, 2.05) is 24.3 Å². The van der Waals surface area contributed by atoms with Crippen LogP contribution in [0.1, 0.15) is 16.1 Å². The van der Waals surface area contributed by atoms with Crippen LogP contribution in [0.25, 0.3) is 22.3 Å². The molecule has 128 valence electrons. The molecule has 0 aliphatic heterocycles. The topological polar surface area (TPSA) is 70.7 Å². The van der Waals surface area contributed by atoms with Crippen LogP contribution in [-0.4, -0.2) is 20.9 Å². The number of para-hydroxylation sites is 1. The smallest absolute Gasteiger partial charge is 0.259 e. The Kier molecular flexibility index (Phi) is 3.93. The normalized spacial score (nSPS) is 10.8. The number of aryl methyl sites for hydroxylation is 1. The van der Waals surface area contributed by atoms with Gasteiger partial charge in [-0.1, -0.05) is 30.3 Å². The average molecular weight is 346 g/mol. The van der Waals surface area contributed by atoms with E-state index in [4.69, 9.17) is 0 Å². The second-order valence-electron chi connectivity index (χ2n) is 5.91. The van der Waals surface area contributed by atoms with Gasteiger partial charge in [0.15, 0.2) is 5.82 Å². The van der Waals surface area contributed by atoms with Gasteiger partial charge >= 0.3 is 0 Å². The van der Waals surface area contributed by atoms with E-state index in [9.17, 15) is 9.18 Å². The minimum absolute atomic E-state index is 0.293. The summed E-state index contributed by atoms with van der Waals surface area (Å²) in [6.45, 7) is 1.73. The second kappa shape index (κ2) is 6.40. The number of H-pyrrole nitrogens is 1. The molecule has 2 aromatic carbocycles. The predicted octanol–water partition coefficient (Wildman–Crippen LogP) is 4.32. The lowest BCUT2D eigenvalue weighted by atomic mass is 10.1. The third kappa shape index (κ3) is 2.93. The summed E-state index contributed by atoms with van der Waals surface area (Å²) < 4.78 is 13.4. The van der Waals surface area contributed by atoms with Crippen LogP contribution in [0.15, 0.2) is 60.9 Å². The molecule has 0 saturated heterocycles. The summed E-state index contributed by atoms with van der Waals surface area (Å²) in [5, 5.41) is 3.81. The molecular weight excluding hydrogens is 331 g/mol. The van der Waals surface area contributed by atoms with Gasteiger partial charge in [0.2, 0.25) is 0 Å². The van der Waals surface area contributed by atoms with Gasteiger partial charge < -0.3 is 10.3 Å². The second-order valence-corrected chi connectivity index (χ2v) is 5.91. The number of hydrogen-bond donors (Lipinski definition) is 2. The Morgan fingerprint density at radius 2 is 2.00 bits per heavy atom. The average Bonchev–Trinajstić information content (AvgIpc) is 3.04. The number of aromatic nitrogens is 3. The molecule has 0 aliphatic carbocycles. The molecule has 4 aromatic rings. The molecular formula is C20H15FN4O. The van der Waals surface area contributed by atoms with Crippen LogP contribution < -0.4 is 5.32 Å². The van der Waals surface area contributed by atoms with Gasteiger partial charge in [-0.05, 0) is 25.1 Å². The van der Waals surface area contributed by atoms with Crippen molar-refractivity contribution in [2.75, 3.05) is 5.32 Å². The molecule has 2 aromatic heterocycles. The molecule has 26 heavy (non-hydrogen) atoms. The van der Waals surface area contributed by atoms with E-state index in [0.29, 0.717) is 28.3 Å². The first-order valence-corrected chi connectivity index (χ1v) is 8.09. The molecule has 0 unspecified atom stereocenters. The SMILES string of the molecule is Cc1nc(-c2cccc(F)c2)ncc1C(=O)Nc1c[nH]c2ccccc12. The van der Waals surface area contributed by atoms with Gasteiger partial charge in [-0.25, -0.2) is 14.4 Å². The molecule has 2 heterocycles. The van der Waals surface area contributed by atoms with Crippen molar-refractivity contribution in [2.45, 2.75) is 6.92 Å². The van der Waals surface area contributed by atoms with E-state index in [1.165, 1.54) is 18.3 Å². The number of rotatable bonds is 3. The Bertz CT molecular complexity index is 1120. The molecule has 0 fully saturated rings. The van der Waals surface area contributed by atoms with Crippen molar-refractivity contribution >= 4 is 22.5 Å². The summed E-state index contributed by atoms with van der Waals surface area (Å²) in [6, 6.07) is 13.7. The van der Waals surface area contributed by atoms with Crippen LogP contribution in [0.2, 0.25) is 0 Å². The maximum absolute atomic E-state index is 13.4. The third-order valence-electron chi connectivity index (χ3n) is 4.14. The number of anilines is 1. The standard InChI is InChI=1S/C20H15FN4O/c1-12-16(10-23-19(24-12)13-5-4-6-14(21)9-13)20(26)25-18-11-22-17-8-3-2-7-15(17)18/h2-11,22H,1H3,(H,25,26). The lowest BCUT2D eigenvalue weighted by Gasteiger charge is -2.08. The Balaban J connectivity index is 1.62. The number of carbonyl (C=O) groups excluding carboxylic acids is 1. The zero-order chi connectivity index (χ0) is 18.1. The first-order chi connectivity index (χ1) is 12.6. The van der Waals surface area contributed by atoms with Crippen LogP contribution in [-0.2, 0) is 0 Å². The number of nitrogens with one attached hydrogen (secondary N) is 2. The van der Waals surface area contributed by atoms with Gasteiger partial charge in [0.1, 0.15) is 5.82 Å². The number of fused-ring (bicyclic) bond motifs is 1. The summed E-state index contributed by atoms with van der Waals surface area (Å²) in [6.07, 6.45) is 3.21. The number of amides is 1. The van der Waals surface area contributed by atoms with Gasteiger partial charge in [-0.2, -0.15) is 0 Å². The Morgan fingerprint density at radius 1 is 1.15 bits per heavy atom. The number of benzene rings is 2. The fourth-order valence-electron chi connectivity index (χ4n) is 2.82. The molecule has 0 atom stereocenters. The van der Waals surface area contributed by atoms with Crippen molar-refractivity contribution in [2.24, 2.45) is 0 Å². The van der Waals surface area contributed by atoms with Crippen molar-refractivity contribution in [1.82, 2.24) is 15.0 Å². The molecule has 0 bridgehead atoms. The highest BCUT2D eigenvalue weighted by atomic mass is 19.1. The summed E-state index contributed by atoms with van der Waals surface area (Å²) in [4.78, 5) is 24.3. The van der Waals surface area contributed by atoms with Crippen molar-refractivity contribution in [3.8, 4) is 11.4 Å². The van der Waals surface area contributed by atoms with Crippen molar-refractivity contribution in [3.63, 3.8) is 0 Å². The molecule has 0 radical (unpaired) electrons. The molecule has 0 saturated carbocycles. The molecule has 2 N–H and O–H groups in total. The molecule has 0 spiro atoms. The fourth-order valence-corrected chi connectivity index (χ4v) is 2.82. The first kappa shape index (κ1) is 16.0. The molecule has 1 amide bonds. The molecule has 5 nitrogen and oxygen atoms in total. The number of carbonyl (C=O) groups is 1. The van der Waals surface area contributed by atoms with Crippen molar-refractivity contribution in [1.29, 1.82) is 0 Å². The summed E-state index contributed by atoms with van der Waals surface area (Å²) in [7, 11) is 0. The highest BCUT2D eigenvalue weighted by Gasteiger charge is 2.14. The van der Waals surface area contributed by atoms with E-state index < -0.39 is 0 Å². The van der Waals surface area contributed by atoms with Gasteiger partial charge in [0.25, 0.3) is 5.91 Å². The maximum atomic E-state index is 13.4. The zero-order valence-corrected chi connectivity index (χ0v) is 14.0. The van der Waals surface area contributed by atoms with Crippen molar-refractivity contribution in [3.05, 3.63) is 78.0 Å².